The zero-order chi connectivity index (χ0) is 22.6. The van der Waals surface area contributed by atoms with Crippen LogP contribution in [0.4, 0.5) is 0 Å². The van der Waals surface area contributed by atoms with Crippen LogP contribution >= 0.6 is 0 Å². The summed E-state index contributed by atoms with van der Waals surface area (Å²) in [6.07, 6.45) is 0.757. The quantitative estimate of drug-likeness (QED) is 0.627. The number of carbonyl (C=O) groups excluding carboxylic acids is 1. The summed E-state index contributed by atoms with van der Waals surface area (Å²) in [6.45, 7) is 3.00. The van der Waals surface area contributed by atoms with Crippen LogP contribution in [0.1, 0.15) is 21.5 Å². The minimum atomic E-state index is -3.79. The van der Waals surface area contributed by atoms with Crippen LogP contribution in [-0.4, -0.2) is 49.8 Å². The van der Waals surface area contributed by atoms with Gasteiger partial charge in [0.15, 0.2) is 0 Å². The van der Waals surface area contributed by atoms with Crippen LogP contribution in [0.25, 0.3) is 0 Å². The molecule has 1 amide bonds. The Kier molecular flexibility index (Phi) is 6.69. The van der Waals surface area contributed by atoms with Crippen molar-refractivity contribution >= 4 is 15.9 Å². The first-order valence-corrected chi connectivity index (χ1v) is 12.2. The number of hydrogen-bond donors (Lipinski definition) is 1. The van der Waals surface area contributed by atoms with Crippen molar-refractivity contribution in [3.63, 3.8) is 0 Å². The molecule has 4 rings (SSSR count). The van der Waals surface area contributed by atoms with Crippen LogP contribution in [0, 0.1) is 0 Å². The molecule has 0 unspecified atom stereocenters. The van der Waals surface area contributed by atoms with E-state index in [9.17, 15) is 13.2 Å². The van der Waals surface area contributed by atoms with Crippen LogP contribution < -0.4 is 5.14 Å². The van der Waals surface area contributed by atoms with Gasteiger partial charge in [-0.1, -0.05) is 60.7 Å². The molecule has 1 atom stereocenters. The van der Waals surface area contributed by atoms with Gasteiger partial charge in [0, 0.05) is 37.8 Å². The Morgan fingerprint density at radius 2 is 1.44 bits per heavy atom. The lowest BCUT2D eigenvalue weighted by molar-refractivity contribution is 0.0439. The first-order chi connectivity index (χ1) is 15.4. The number of nitrogens with zero attached hydrogens (tertiary/aromatic N) is 2. The zero-order valence-corrected chi connectivity index (χ0v) is 18.6. The number of nitrogens with two attached hydrogens (primary N) is 1. The van der Waals surface area contributed by atoms with E-state index in [1.54, 1.807) is 0 Å². The Labute approximate surface area is 189 Å². The largest absolute Gasteiger partial charge is 0.333 e. The summed E-state index contributed by atoms with van der Waals surface area (Å²) >= 11 is 0. The molecule has 3 aromatic rings. The monoisotopic (exact) mass is 449 g/mol. The molecule has 32 heavy (non-hydrogen) atoms. The van der Waals surface area contributed by atoms with Crippen molar-refractivity contribution in [1.82, 2.24) is 9.80 Å². The van der Waals surface area contributed by atoms with E-state index in [1.165, 1.54) is 35.4 Å². The number of piperazine rings is 1. The van der Waals surface area contributed by atoms with Crippen LogP contribution in [0.15, 0.2) is 89.8 Å². The highest BCUT2D eigenvalue weighted by atomic mass is 32.2. The number of sulfonamides is 1. The molecule has 0 spiro atoms. The predicted octanol–water partition coefficient (Wildman–Crippen LogP) is 2.90. The standard InChI is InChI=1S/C25H27N3O3S/c26-32(30,31)24-13-11-22(12-14-24)25(29)28-16-15-27(18-21-9-5-2-6-10-21)19-23(28)17-20-7-3-1-4-8-20/h1-14,23H,15-19H2,(H2,26,30,31)/t23-/m0/s1. The van der Waals surface area contributed by atoms with Gasteiger partial charge in [-0.15, -0.1) is 0 Å². The van der Waals surface area contributed by atoms with Gasteiger partial charge in [-0.2, -0.15) is 0 Å². The average molecular weight is 450 g/mol. The third-order valence-electron chi connectivity index (χ3n) is 5.82. The second kappa shape index (κ2) is 9.65. The van der Waals surface area contributed by atoms with E-state index in [-0.39, 0.29) is 16.8 Å². The first kappa shape index (κ1) is 22.2. The Hall–Kier alpha value is -3.00. The fraction of sp³-hybridized carbons (Fsp3) is 0.240. The van der Waals surface area contributed by atoms with Crippen molar-refractivity contribution in [1.29, 1.82) is 0 Å². The Balaban J connectivity index is 1.54. The molecule has 7 heteroatoms. The van der Waals surface area contributed by atoms with Gasteiger partial charge < -0.3 is 4.90 Å². The number of benzene rings is 3. The highest BCUT2D eigenvalue weighted by molar-refractivity contribution is 7.89. The molecule has 1 fully saturated rings. The molecule has 2 N–H and O–H groups in total. The molecule has 0 radical (unpaired) electrons. The van der Waals surface area contributed by atoms with Crippen molar-refractivity contribution in [2.75, 3.05) is 19.6 Å². The highest BCUT2D eigenvalue weighted by Gasteiger charge is 2.31. The fourth-order valence-corrected chi connectivity index (χ4v) is 4.70. The normalized spacial score (nSPS) is 17.3. The lowest BCUT2D eigenvalue weighted by atomic mass is 10.0. The number of hydrogen-bond acceptors (Lipinski definition) is 4. The summed E-state index contributed by atoms with van der Waals surface area (Å²) in [7, 11) is -3.79. The minimum Gasteiger partial charge on any atom is -0.333 e. The number of carbonyl (C=O) groups is 1. The van der Waals surface area contributed by atoms with Crippen LogP contribution in [0.5, 0.6) is 0 Å². The first-order valence-electron chi connectivity index (χ1n) is 10.6. The predicted molar refractivity (Wildman–Crippen MR) is 125 cm³/mol. The molecule has 0 aliphatic carbocycles. The van der Waals surface area contributed by atoms with Gasteiger partial charge in [0.1, 0.15) is 0 Å². The van der Waals surface area contributed by atoms with E-state index in [0.29, 0.717) is 12.1 Å². The van der Waals surface area contributed by atoms with Crippen LogP contribution in [0.2, 0.25) is 0 Å². The smallest absolute Gasteiger partial charge is 0.254 e. The highest BCUT2D eigenvalue weighted by Crippen LogP contribution is 2.20. The number of rotatable bonds is 6. The van der Waals surface area contributed by atoms with E-state index in [0.717, 1.165) is 26.1 Å². The molecule has 1 aliphatic rings. The van der Waals surface area contributed by atoms with Crippen molar-refractivity contribution in [3.8, 4) is 0 Å². The van der Waals surface area contributed by atoms with E-state index < -0.39 is 10.0 Å². The Morgan fingerprint density at radius 3 is 2.03 bits per heavy atom. The molecular formula is C25H27N3O3S. The lowest BCUT2D eigenvalue weighted by Gasteiger charge is -2.42. The van der Waals surface area contributed by atoms with E-state index >= 15 is 0 Å². The molecule has 1 heterocycles. The second-order valence-electron chi connectivity index (χ2n) is 8.13. The summed E-state index contributed by atoms with van der Waals surface area (Å²) in [5.41, 5.74) is 2.90. The second-order valence-corrected chi connectivity index (χ2v) is 9.69. The number of amides is 1. The molecule has 0 saturated carbocycles. The van der Waals surface area contributed by atoms with E-state index in [2.05, 4.69) is 29.2 Å². The summed E-state index contributed by atoms with van der Waals surface area (Å²) in [6, 6.07) is 26.4. The topological polar surface area (TPSA) is 83.7 Å². The summed E-state index contributed by atoms with van der Waals surface area (Å²) in [4.78, 5) is 17.7. The maximum Gasteiger partial charge on any atom is 0.254 e. The van der Waals surface area contributed by atoms with Crippen molar-refractivity contribution in [3.05, 3.63) is 102 Å². The molecule has 0 aromatic heterocycles. The van der Waals surface area contributed by atoms with Gasteiger partial charge in [0.25, 0.3) is 5.91 Å². The van der Waals surface area contributed by atoms with Gasteiger partial charge in [0.05, 0.1) is 4.90 Å². The number of primary sulfonamides is 1. The molecule has 1 aliphatic heterocycles. The van der Waals surface area contributed by atoms with Crippen molar-refractivity contribution in [2.45, 2.75) is 23.9 Å². The molecule has 6 nitrogen and oxygen atoms in total. The van der Waals surface area contributed by atoms with E-state index in [1.807, 2.05) is 41.3 Å². The molecule has 3 aromatic carbocycles. The molecule has 0 bridgehead atoms. The summed E-state index contributed by atoms with van der Waals surface area (Å²) in [5, 5.41) is 5.18. The van der Waals surface area contributed by atoms with Gasteiger partial charge in [-0.3, -0.25) is 9.69 Å². The van der Waals surface area contributed by atoms with Gasteiger partial charge in [0.2, 0.25) is 10.0 Å². The third kappa shape index (κ3) is 5.43. The van der Waals surface area contributed by atoms with Gasteiger partial charge in [-0.05, 0) is 41.8 Å². The fourth-order valence-electron chi connectivity index (χ4n) is 4.19. The maximum absolute atomic E-state index is 13.4. The maximum atomic E-state index is 13.4. The van der Waals surface area contributed by atoms with Gasteiger partial charge >= 0.3 is 0 Å². The van der Waals surface area contributed by atoms with Crippen LogP contribution in [-0.2, 0) is 23.0 Å². The van der Waals surface area contributed by atoms with Gasteiger partial charge in [-0.25, -0.2) is 13.6 Å². The third-order valence-corrected chi connectivity index (χ3v) is 6.75. The Bertz CT molecular complexity index is 1150. The summed E-state index contributed by atoms with van der Waals surface area (Å²) in [5.74, 6) is -0.0914. The molecule has 166 valence electrons. The summed E-state index contributed by atoms with van der Waals surface area (Å²) < 4.78 is 23.1. The SMILES string of the molecule is NS(=O)(=O)c1ccc(C(=O)N2CCN(Cc3ccccc3)C[C@@H]2Cc2ccccc2)cc1. The average Bonchev–Trinajstić information content (AvgIpc) is 2.80. The Morgan fingerprint density at radius 1 is 0.844 bits per heavy atom. The lowest BCUT2D eigenvalue weighted by Crippen LogP contribution is -2.55. The van der Waals surface area contributed by atoms with Crippen LogP contribution in [0.3, 0.4) is 0 Å². The van der Waals surface area contributed by atoms with Crippen molar-refractivity contribution < 1.29 is 13.2 Å². The minimum absolute atomic E-state index is 0.00238. The van der Waals surface area contributed by atoms with E-state index in [4.69, 9.17) is 5.14 Å². The van der Waals surface area contributed by atoms with Crippen molar-refractivity contribution in [2.24, 2.45) is 5.14 Å². The molecule has 1 saturated heterocycles. The zero-order valence-electron chi connectivity index (χ0n) is 17.8. The molecular weight excluding hydrogens is 422 g/mol.